The van der Waals surface area contributed by atoms with E-state index in [1.54, 1.807) is 6.20 Å². The molecule has 1 atom stereocenters. The van der Waals surface area contributed by atoms with Crippen LogP contribution in [0, 0.1) is 0 Å². The van der Waals surface area contributed by atoms with Crippen LogP contribution in [0.4, 0.5) is 0 Å². The number of rotatable bonds is 4. The predicted octanol–water partition coefficient (Wildman–Crippen LogP) is 5.42. The molecule has 0 saturated carbocycles. The molecule has 1 fully saturated rings. The molecule has 0 spiro atoms. The van der Waals surface area contributed by atoms with E-state index in [9.17, 15) is 4.79 Å². The number of carbonyl (C=O) groups is 1. The van der Waals surface area contributed by atoms with E-state index >= 15 is 0 Å². The number of amides is 1. The molecule has 0 bridgehead atoms. The molecule has 1 aliphatic heterocycles. The summed E-state index contributed by atoms with van der Waals surface area (Å²) in [5, 5.41) is 1.76. The Hall–Kier alpha value is -3.05. The number of likely N-dealkylation sites (tertiary alicyclic amines) is 1. The average molecular weight is 420 g/mol. The molecular weight excluding hydrogens is 398 g/mol. The van der Waals surface area contributed by atoms with Crippen LogP contribution >= 0.6 is 11.6 Å². The van der Waals surface area contributed by atoms with Gasteiger partial charge in [0.05, 0.1) is 12.1 Å². The molecule has 5 nitrogen and oxygen atoms in total. The first kappa shape index (κ1) is 18.9. The van der Waals surface area contributed by atoms with E-state index in [2.05, 4.69) is 9.97 Å². The Kier molecular flexibility index (Phi) is 5.05. The van der Waals surface area contributed by atoms with Gasteiger partial charge in [-0.1, -0.05) is 41.9 Å². The van der Waals surface area contributed by atoms with Crippen LogP contribution in [0.1, 0.15) is 46.5 Å². The maximum Gasteiger partial charge on any atom is 0.270 e. The number of hydrogen-bond donors (Lipinski definition) is 1. The number of halogens is 1. The van der Waals surface area contributed by atoms with Gasteiger partial charge in [0.25, 0.3) is 5.91 Å². The highest BCUT2D eigenvalue weighted by atomic mass is 35.5. The molecule has 6 heteroatoms. The number of aromatic amines is 1. The van der Waals surface area contributed by atoms with E-state index in [1.807, 2.05) is 59.5 Å². The number of fused-ring (bicyclic) bond motifs is 1. The van der Waals surface area contributed by atoms with Crippen LogP contribution in [-0.2, 0) is 6.42 Å². The number of benzene rings is 2. The molecule has 0 aliphatic carbocycles. The summed E-state index contributed by atoms with van der Waals surface area (Å²) in [6.45, 7) is 1.37. The van der Waals surface area contributed by atoms with Gasteiger partial charge < -0.3 is 14.3 Å². The van der Waals surface area contributed by atoms with Crippen LogP contribution in [0.25, 0.3) is 10.9 Å². The number of oxazole rings is 1. The zero-order chi connectivity index (χ0) is 20.5. The molecule has 1 unspecified atom stereocenters. The van der Waals surface area contributed by atoms with Gasteiger partial charge in [-0.15, -0.1) is 0 Å². The number of aromatic nitrogens is 2. The van der Waals surface area contributed by atoms with Gasteiger partial charge in [0.15, 0.2) is 5.89 Å². The third-order valence-corrected chi connectivity index (χ3v) is 5.89. The Morgan fingerprint density at radius 2 is 2.10 bits per heavy atom. The summed E-state index contributed by atoms with van der Waals surface area (Å²) in [7, 11) is 0. The lowest BCUT2D eigenvalue weighted by molar-refractivity contribution is 0.0693. The number of H-pyrrole nitrogens is 1. The molecule has 2 aromatic carbocycles. The van der Waals surface area contributed by atoms with E-state index in [-0.39, 0.29) is 11.8 Å². The molecule has 1 amide bonds. The molecule has 1 N–H and O–H groups in total. The van der Waals surface area contributed by atoms with Crippen LogP contribution in [0.3, 0.4) is 0 Å². The Morgan fingerprint density at radius 3 is 2.97 bits per heavy atom. The van der Waals surface area contributed by atoms with Crippen molar-refractivity contribution >= 4 is 28.4 Å². The van der Waals surface area contributed by atoms with Crippen molar-refractivity contribution in [3.05, 3.63) is 88.7 Å². The van der Waals surface area contributed by atoms with E-state index in [0.717, 1.165) is 41.6 Å². The molecule has 5 rings (SSSR count). The van der Waals surface area contributed by atoms with Gasteiger partial charge in [-0.3, -0.25) is 4.79 Å². The number of piperidine rings is 1. The standard InChI is InChI=1S/C24H22ClN3O2/c25-19-8-3-5-16(11-19)12-20-14-26-23(30-20)18-7-4-10-28(15-18)24(29)22-13-17-6-1-2-9-21(17)27-22/h1-3,5-6,8-9,11,13-14,18,27H,4,7,10,12,15H2. The Balaban J connectivity index is 1.29. The summed E-state index contributed by atoms with van der Waals surface area (Å²) in [6, 6.07) is 17.6. The van der Waals surface area contributed by atoms with Crippen LogP contribution in [0.5, 0.6) is 0 Å². The third-order valence-electron chi connectivity index (χ3n) is 5.66. The van der Waals surface area contributed by atoms with Crippen molar-refractivity contribution in [2.24, 2.45) is 0 Å². The number of hydrogen-bond acceptors (Lipinski definition) is 3. The molecule has 1 saturated heterocycles. The highest BCUT2D eigenvalue weighted by Crippen LogP contribution is 2.28. The number of para-hydroxylation sites is 1. The number of nitrogens with one attached hydrogen (secondary N) is 1. The maximum absolute atomic E-state index is 13.1. The van der Waals surface area contributed by atoms with Crippen LogP contribution in [0.15, 0.2) is 65.2 Å². The van der Waals surface area contributed by atoms with Crippen molar-refractivity contribution in [2.75, 3.05) is 13.1 Å². The summed E-state index contributed by atoms with van der Waals surface area (Å²) in [5.74, 6) is 1.66. The fourth-order valence-corrected chi connectivity index (χ4v) is 4.38. The summed E-state index contributed by atoms with van der Waals surface area (Å²) in [5.41, 5.74) is 2.70. The highest BCUT2D eigenvalue weighted by molar-refractivity contribution is 6.30. The van der Waals surface area contributed by atoms with Gasteiger partial charge in [-0.2, -0.15) is 0 Å². The zero-order valence-corrected chi connectivity index (χ0v) is 17.2. The van der Waals surface area contributed by atoms with Gasteiger partial charge in [0.1, 0.15) is 11.5 Å². The minimum atomic E-state index is 0.0293. The first-order valence-electron chi connectivity index (χ1n) is 10.2. The second kappa shape index (κ2) is 8.00. The molecule has 2 aromatic heterocycles. The Morgan fingerprint density at radius 1 is 1.20 bits per heavy atom. The topological polar surface area (TPSA) is 62.1 Å². The van der Waals surface area contributed by atoms with Crippen LogP contribution in [-0.4, -0.2) is 33.9 Å². The molecular formula is C24H22ClN3O2. The first-order valence-corrected chi connectivity index (χ1v) is 10.6. The quantitative estimate of drug-likeness (QED) is 0.480. The minimum Gasteiger partial charge on any atom is -0.445 e. The lowest BCUT2D eigenvalue weighted by Gasteiger charge is -2.31. The molecule has 3 heterocycles. The van der Waals surface area contributed by atoms with Crippen molar-refractivity contribution in [1.29, 1.82) is 0 Å². The molecule has 4 aromatic rings. The van der Waals surface area contributed by atoms with Crippen molar-refractivity contribution in [3.8, 4) is 0 Å². The van der Waals surface area contributed by atoms with Crippen molar-refractivity contribution in [1.82, 2.24) is 14.9 Å². The van der Waals surface area contributed by atoms with Crippen LogP contribution in [0.2, 0.25) is 5.02 Å². The lowest BCUT2D eigenvalue weighted by Crippen LogP contribution is -2.39. The van der Waals surface area contributed by atoms with Gasteiger partial charge in [0, 0.05) is 35.4 Å². The maximum atomic E-state index is 13.1. The molecule has 30 heavy (non-hydrogen) atoms. The Labute approximate surface area is 179 Å². The molecule has 1 aliphatic rings. The normalized spacial score (nSPS) is 16.8. The summed E-state index contributed by atoms with van der Waals surface area (Å²) in [4.78, 5) is 22.7. The van der Waals surface area contributed by atoms with Gasteiger partial charge >= 0.3 is 0 Å². The molecule has 152 valence electrons. The smallest absolute Gasteiger partial charge is 0.270 e. The highest BCUT2D eigenvalue weighted by Gasteiger charge is 2.29. The van der Waals surface area contributed by atoms with Gasteiger partial charge in [0.2, 0.25) is 0 Å². The second-order valence-corrected chi connectivity index (χ2v) is 8.27. The third kappa shape index (κ3) is 3.85. The van der Waals surface area contributed by atoms with Crippen LogP contribution < -0.4 is 0 Å². The first-order chi connectivity index (χ1) is 14.7. The second-order valence-electron chi connectivity index (χ2n) is 7.83. The van der Waals surface area contributed by atoms with E-state index < -0.39 is 0 Å². The lowest BCUT2D eigenvalue weighted by atomic mass is 9.97. The fraction of sp³-hybridized carbons (Fsp3) is 0.250. The SMILES string of the molecule is O=C(c1cc2ccccc2[nH]1)N1CCCC(c2ncc(Cc3cccc(Cl)c3)o2)C1. The minimum absolute atomic E-state index is 0.0293. The largest absolute Gasteiger partial charge is 0.445 e. The van der Waals surface area contributed by atoms with Gasteiger partial charge in [-0.05, 0) is 42.7 Å². The summed E-state index contributed by atoms with van der Waals surface area (Å²) < 4.78 is 6.05. The number of carbonyl (C=O) groups excluding carboxylic acids is 1. The Bertz CT molecular complexity index is 1160. The van der Waals surface area contributed by atoms with Gasteiger partial charge in [-0.25, -0.2) is 4.98 Å². The monoisotopic (exact) mass is 419 g/mol. The van der Waals surface area contributed by atoms with E-state index in [1.165, 1.54) is 0 Å². The summed E-state index contributed by atoms with van der Waals surface area (Å²) in [6.07, 6.45) is 4.34. The fourth-order valence-electron chi connectivity index (χ4n) is 4.16. The molecule has 0 radical (unpaired) electrons. The van der Waals surface area contributed by atoms with Crippen molar-refractivity contribution in [2.45, 2.75) is 25.2 Å². The average Bonchev–Trinajstić information content (AvgIpc) is 3.40. The zero-order valence-electron chi connectivity index (χ0n) is 16.5. The predicted molar refractivity (Wildman–Crippen MR) is 117 cm³/mol. The van der Waals surface area contributed by atoms with Crippen molar-refractivity contribution < 1.29 is 9.21 Å². The van der Waals surface area contributed by atoms with E-state index in [0.29, 0.717) is 29.6 Å². The van der Waals surface area contributed by atoms with E-state index in [4.69, 9.17) is 16.0 Å². The summed E-state index contributed by atoms with van der Waals surface area (Å²) >= 11 is 6.07. The van der Waals surface area contributed by atoms with Crippen molar-refractivity contribution in [3.63, 3.8) is 0 Å². The number of nitrogens with zero attached hydrogens (tertiary/aromatic N) is 2.